The van der Waals surface area contributed by atoms with Crippen LogP contribution in [-0.4, -0.2) is 51.4 Å². The van der Waals surface area contributed by atoms with Crippen molar-refractivity contribution in [2.75, 3.05) is 24.5 Å². The summed E-state index contributed by atoms with van der Waals surface area (Å²) in [6.07, 6.45) is 0.285. The Bertz CT molecular complexity index is 1330. The number of hydrogen-bond donors (Lipinski definition) is 1. The maximum Gasteiger partial charge on any atom is 0.264 e. The standard InChI is InChI=1S/C28H32FN3O5S/c1-4-24(28(34)30-3)31(19-21-15-17-22(29)18-16-21)27(33)20-32(25-13-9-10-14-26(25)37-5-2)38(35,36)23-11-7-6-8-12-23/h6-18,24H,4-5,19-20H2,1-3H3,(H,30,34). The molecule has 0 aliphatic heterocycles. The average Bonchev–Trinajstić information content (AvgIpc) is 2.93. The largest absolute Gasteiger partial charge is 0.492 e. The van der Waals surface area contributed by atoms with Crippen LogP contribution in [0, 0.1) is 5.82 Å². The van der Waals surface area contributed by atoms with Crippen LogP contribution in [-0.2, 0) is 26.2 Å². The monoisotopic (exact) mass is 541 g/mol. The van der Waals surface area contributed by atoms with Crippen molar-refractivity contribution < 1.29 is 27.1 Å². The molecule has 10 heteroatoms. The number of benzene rings is 3. The molecule has 1 atom stereocenters. The predicted molar refractivity (Wildman–Crippen MR) is 144 cm³/mol. The average molecular weight is 542 g/mol. The fourth-order valence-corrected chi connectivity index (χ4v) is 5.49. The number of carbonyl (C=O) groups is 2. The fourth-order valence-electron chi connectivity index (χ4n) is 4.05. The zero-order chi connectivity index (χ0) is 27.7. The van der Waals surface area contributed by atoms with E-state index in [4.69, 9.17) is 4.74 Å². The van der Waals surface area contributed by atoms with E-state index in [1.807, 2.05) is 0 Å². The zero-order valence-electron chi connectivity index (χ0n) is 21.6. The van der Waals surface area contributed by atoms with Gasteiger partial charge >= 0.3 is 0 Å². The molecule has 3 aromatic carbocycles. The first kappa shape index (κ1) is 28.6. The molecule has 0 fully saturated rings. The third-order valence-electron chi connectivity index (χ3n) is 5.94. The summed E-state index contributed by atoms with van der Waals surface area (Å²) in [5, 5.41) is 2.57. The molecule has 3 rings (SSSR count). The molecule has 38 heavy (non-hydrogen) atoms. The van der Waals surface area contributed by atoms with Crippen LogP contribution in [0.3, 0.4) is 0 Å². The summed E-state index contributed by atoms with van der Waals surface area (Å²) in [5.41, 5.74) is 0.788. The molecule has 8 nitrogen and oxygen atoms in total. The van der Waals surface area contributed by atoms with E-state index in [1.54, 1.807) is 56.3 Å². The number of likely N-dealkylation sites (N-methyl/N-ethyl adjacent to an activating group) is 1. The molecule has 2 amide bonds. The highest BCUT2D eigenvalue weighted by atomic mass is 32.2. The fraction of sp³-hybridized carbons (Fsp3) is 0.286. The molecular weight excluding hydrogens is 509 g/mol. The molecule has 0 radical (unpaired) electrons. The Morgan fingerprint density at radius 1 is 0.947 bits per heavy atom. The van der Waals surface area contributed by atoms with Crippen LogP contribution in [0.2, 0.25) is 0 Å². The quantitative estimate of drug-likeness (QED) is 0.374. The Morgan fingerprint density at radius 3 is 2.18 bits per heavy atom. The number of carbonyl (C=O) groups excluding carboxylic acids is 2. The minimum atomic E-state index is -4.20. The van der Waals surface area contributed by atoms with Gasteiger partial charge in [-0.15, -0.1) is 0 Å². The van der Waals surface area contributed by atoms with E-state index in [9.17, 15) is 22.4 Å². The summed E-state index contributed by atoms with van der Waals surface area (Å²) in [6.45, 7) is 3.22. The van der Waals surface area contributed by atoms with E-state index in [1.165, 1.54) is 48.3 Å². The van der Waals surface area contributed by atoms with E-state index in [-0.39, 0.29) is 30.2 Å². The van der Waals surface area contributed by atoms with Crippen LogP contribution < -0.4 is 14.4 Å². The molecule has 0 aromatic heterocycles. The van der Waals surface area contributed by atoms with Gasteiger partial charge in [-0.25, -0.2) is 12.8 Å². The van der Waals surface area contributed by atoms with E-state index in [2.05, 4.69) is 5.32 Å². The van der Waals surface area contributed by atoms with Crippen molar-refractivity contribution in [3.63, 3.8) is 0 Å². The van der Waals surface area contributed by atoms with E-state index >= 15 is 0 Å². The number of anilines is 1. The number of ether oxygens (including phenoxy) is 1. The van der Waals surface area contributed by atoms with Crippen molar-refractivity contribution >= 4 is 27.5 Å². The van der Waals surface area contributed by atoms with Crippen molar-refractivity contribution in [1.29, 1.82) is 0 Å². The lowest BCUT2D eigenvalue weighted by Gasteiger charge is -2.33. The molecule has 1 N–H and O–H groups in total. The molecule has 0 saturated carbocycles. The zero-order valence-corrected chi connectivity index (χ0v) is 22.4. The van der Waals surface area contributed by atoms with Crippen molar-refractivity contribution in [1.82, 2.24) is 10.2 Å². The molecule has 0 bridgehead atoms. The van der Waals surface area contributed by atoms with Gasteiger partial charge in [0.2, 0.25) is 11.8 Å². The van der Waals surface area contributed by atoms with E-state index in [0.717, 1.165) is 4.31 Å². The Hall–Kier alpha value is -3.92. The van der Waals surface area contributed by atoms with Gasteiger partial charge in [0.1, 0.15) is 24.2 Å². The Morgan fingerprint density at radius 2 is 1.58 bits per heavy atom. The topological polar surface area (TPSA) is 96.0 Å². The molecule has 202 valence electrons. The molecule has 0 heterocycles. The number of nitrogens with one attached hydrogen (secondary N) is 1. The number of sulfonamides is 1. The molecule has 3 aromatic rings. The summed E-state index contributed by atoms with van der Waals surface area (Å²) in [5.74, 6) is -1.13. The van der Waals surface area contributed by atoms with Crippen molar-refractivity contribution in [3.05, 3.63) is 90.2 Å². The number of amides is 2. The number of hydrogen-bond acceptors (Lipinski definition) is 5. The summed E-state index contributed by atoms with van der Waals surface area (Å²) >= 11 is 0. The second-order valence-electron chi connectivity index (χ2n) is 8.41. The van der Waals surface area contributed by atoms with Gasteiger partial charge in [-0.2, -0.15) is 0 Å². The normalized spacial score (nSPS) is 11.9. The number of para-hydroxylation sites is 2. The van der Waals surface area contributed by atoms with Gasteiger partial charge in [0.25, 0.3) is 10.0 Å². The summed E-state index contributed by atoms with van der Waals surface area (Å²) in [4.78, 5) is 27.9. The summed E-state index contributed by atoms with van der Waals surface area (Å²) in [7, 11) is -2.74. The van der Waals surface area contributed by atoms with Gasteiger partial charge in [-0.3, -0.25) is 13.9 Å². The van der Waals surface area contributed by atoms with E-state index < -0.39 is 40.2 Å². The van der Waals surface area contributed by atoms with Gasteiger partial charge in [0, 0.05) is 13.6 Å². The van der Waals surface area contributed by atoms with E-state index in [0.29, 0.717) is 11.3 Å². The predicted octanol–water partition coefficient (Wildman–Crippen LogP) is 3.97. The first-order valence-corrected chi connectivity index (χ1v) is 13.7. The van der Waals surface area contributed by atoms with Gasteiger partial charge < -0.3 is 15.0 Å². The lowest BCUT2D eigenvalue weighted by atomic mass is 10.1. The highest BCUT2D eigenvalue weighted by Crippen LogP contribution is 2.33. The minimum absolute atomic E-state index is 0.00234. The first-order chi connectivity index (χ1) is 18.2. The van der Waals surface area contributed by atoms with Gasteiger partial charge in [0.05, 0.1) is 17.2 Å². The van der Waals surface area contributed by atoms with Crippen molar-refractivity contribution in [2.24, 2.45) is 0 Å². The number of rotatable bonds is 12. The highest BCUT2D eigenvalue weighted by Gasteiger charge is 2.34. The third-order valence-corrected chi connectivity index (χ3v) is 7.72. The second-order valence-corrected chi connectivity index (χ2v) is 10.3. The number of nitrogens with zero attached hydrogens (tertiary/aromatic N) is 2. The highest BCUT2D eigenvalue weighted by molar-refractivity contribution is 7.92. The van der Waals surface area contributed by atoms with Gasteiger partial charge in [0.15, 0.2) is 0 Å². The molecule has 0 aliphatic rings. The third kappa shape index (κ3) is 6.69. The first-order valence-electron chi connectivity index (χ1n) is 12.3. The van der Waals surface area contributed by atoms with Crippen molar-refractivity contribution in [2.45, 2.75) is 37.8 Å². The second kappa shape index (κ2) is 13.0. The lowest BCUT2D eigenvalue weighted by Crippen LogP contribution is -2.51. The Kier molecular flexibility index (Phi) is 9.84. The van der Waals surface area contributed by atoms with Crippen LogP contribution in [0.15, 0.2) is 83.8 Å². The summed E-state index contributed by atoms with van der Waals surface area (Å²) < 4.78 is 47.9. The van der Waals surface area contributed by atoms with Crippen LogP contribution in [0.5, 0.6) is 5.75 Å². The van der Waals surface area contributed by atoms with Crippen LogP contribution in [0.25, 0.3) is 0 Å². The van der Waals surface area contributed by atoms with Gasteiger partial charge in [-0.1, -0.05) is 49.4 Å². The van der Waals surface area contributed by atoms with Crippen molar-refractivity contribution in [3.8, 4) is 5.75 Å². The molecule has 1 unspecified atom stereocenters. The smallest absolute Gasteiger partial charge is 0.264 e. The Labute approximate surface area is 223 Å². The summed E-state index contributed by atoms with van der Waals surface area (Å²) in [6, 6.07) is 19.1. The van der Waals surface area contributed by atoms with Crippen LogP contribution in [0.4, 0.5) is 10.1 Å². The van der Waals surface area contributed by atoms with Gasteiger partial charge in [-0.05, 0) is 55.3 Å². The molecule has 0 spiro atoms. The lowest BCUT2D eigenvalue weighted by molar-refractivity contribution is -0.140. The number of halogens is 1. The maximum absolute atomic E-state index is 13.9. The van der Waals surface area contributed by atoms with Crippen LogP contribution in [0.1, 0.15) is 25.8 Å². The molecule has 0 saturated heterocycles. The molecular formula is C28H32FN3O5S. The Balaban J connectivity index is 2.09. The van der Waals surface area contributed by atoms with Crippen LogP contribution >= 0.6 is 0 Å². The molecule has 0 aliphatic carbocycles. The SMILES string of the molecule is CCOc1ccccc1N(CC(=O)N(Cc1ccc(F)cc1)C(CC)C(=O)NC)S(=O)(=O)c1ccccc1. The maximum atomic E-state index is 13.9. The minimum Gasteiger partial charge on any atom is -0.492 e.